The fraction of sp³-hybridized carbons (Fsp3) is 0.922. The summed E-state index contributed by atoms with van der Waals surface area (Å²) in [6, 6.07) is 0. The van der Waals surface area contributed by atoms with Gasteiger partial charge in [0.1, 0.15) is 12.2 Å². The monoisotopic (exact) mass is 852 g/mol. The number of alkyl carbamates (subject to hydrolysis) is 1. The van der Waals surface area contributed by atoms with Crippen molar-refractivity contribution in [3.63, 3.8) is 0 Å². The van der Waals surface area contributed by atoms with Crippen molar-refractivity contribution in [2.24, 2.45) is 5.92 Å². The minimum atomic E-state index is -0.453. The zero-order valence-corrected chi connectivity index (χ0v) is 40.1. The van der Waals surface area contributed by atoms with Crippen LogP contribution in [0.4, 0.5) is 4.79 Å². The lowest BCUT2D eigenvalue weighted by molar-refractivity contribution is -0.151. The van der Waals surface area contributed by atoms with Crippen LogP contribution in [0.2, 0.25) is 0 Å². The first kappa shape index (κ1) is 57.7. The summed E-state index contributed by atoms with van der Waals surface area (Å²) in [5.74, 6) is -0.468. The van der Waals surface area contributed by atoms with Crippen molar-refractivity contribution in [2.45, 2.75) is 278 Å². The second-order valence-corrected chi connectivity index (χ2v) is 17.8. The number of nitrogens with one attached hydrogen (secondary N) is 1. The van der Waals surface area contributed by atoms with Gasteiger partial charge in [0.25, 0.3) is 0 Å². The Hall–Kier alpha value is -2.32. The molecule has 0 heterocycles. The van der Waals surface area contributed by atoms with E-state index >= 15 is 0 Å². The molecule has 0 saturated heterocycles. The maximum absolute atomic E-state index is 12.6. The smallest absolute Gasteiger partial charge is 0.407 e. The summed E-state index contributed by atoms with van der Waals surface area (Å²) < 4.78 is 22.6. The van der Waals surface area contributed by atoms with Crippen molar-refractivity contribution in [2.75, 3.05) is 19.8 Å². The van der Waals surface area contributed by atoms with Crippen LogP contribution >= 0.6 is 0 Å². The van der Waals surface area contributed by atoms with Crippen LogP contribution in [0.25, 0.3) is 0 Å². The van der Waals surface area contributed by atoms with Crippen molar-refractivity contribution >= 4 is 24.0 Å². The van der Waals surface area contributed by atoms with Gasteiger partial charge in [-0.15, -0.1) is 0 Å². The highest BCUT2D eigenvalue weighted by molar-refractivity contribution is 5.70. The maximum atomic E-state index is 12.6. The highest BCUT2D eigenvalue weighted by Gasteiger charge is 2.16. The molecule has 1 N–H and O–H groups in total. The average molecular weight is 852 g/mol. The van der Waals surface area contributed by atoms with Crippen molar-refractivity contribution in [3.8, 4) is 0 Å². The SMILES string of the molecule is CCCCCCCCC(CCCCCC)OC(=O)CCCCCCCNC(=O)OCC(C)COC(=O)CCCCCCC(=O)OC(CCCCCC)CCCCCCCC. The van der Waals surface area contributed by atoms with Crippen LogP contribution in [0, 0.1) is 5.92 Å². The van der Waals surface area contributed by atoms with E-state index in [1.54, 1.807) is 0 Å². The number of unbranched alkanes of at least 4 members (excludes halogenated alkanes) is 23. The zero-order chi connectivity index (χ0) is 44.2. The summed E-state index contributed by atoms with van der Waals surface area (Å²) in [7, 11) is 0. The van der Waals surface area contributed by atoms with Crippen LogP contribution in [0.15, 0.2) is 0 Å². The van der Waals surface area contributed by atoms with Gasteiger partial charge in [0.05, 0.1) is 13.2 Å². The lowest BCUT2D eigenvalue weighted by atomic mass is 10.0. The van der Waals surface area contributed by atoms with E-state index in [0.29, 0.717) is 25.8 Å². The molecular formula is C51H97NO8. The molecule has 0 aromatic rings. The maximum Gasteiger partial charge on any atom is 0.407 e. The fourth-order valence-corrected chi connectivity index (χ4v) is 7.55. The predicted octanol–water partition coefficient (Wildman–Crippen LogP) is 14.8. The Balaban J connectivity index is 3.97. The van der Waals surface area contributed by atoms with Gasteiger partial charge >= 0.3 is 24.0 Å². The van der Waals surface area contributed by atoms with Crippen LogP contribution in [-0.4, -0.2) is 56.0 Å². The number of hydrogen-bond acceptors (Lipinski definition) is 8. The number of esters is 3. The third kappa shape index (κ3) is 41.1. The van der Waals surface area contributed by atoms with Crippen molar-refractivity contribution in [3.05, 3.63) is 0 Å². The van der Waals surface area contributed by atoms with Gasteiger partial charge in [-0.3, -0.25) is 14.4 Å². The Bertz CT molecular complexity index is 990. The van der Waals surface area contributed by atoms with Gasteiger partial charge in [0, 0.05) is 31.7 Å². The number of carbonyl (C=O) groups is 4. The molecule has 1 amide bonds. The molecule has 0 rings (SSSR count). The van der Waals surface area contributed by atoms with E-state index in [4.69, 9.17) is 18.9 Å². The van der Waals surface area contributed by atoms with Gasteiger partial charge in [-0.05, 0) is 77.0 Å². The summed E-state index contributed by atoms with van der Waals surface area (Å²) >= 11 is 0. The minimum Gasteiger partial charge on any atom is -0.465 e. The van der Waals surface area contributed by atoms with Crippen molar-refractivity contribution in [1.82, 2.24) is 5.32 Å². The molecular weight excluding hydrogens is 755 g/mol. The molecule has 0 aliphatic heterocycles. The van der Waals surface area contributed by atoms with Crippen molar-refractivity contribution in [1.29, 1.82) is 0 Å². The van der Waals surface area contributed by atoms with E-state index in [1.165, 1.54) is 103 Å². The quantitative estimate of drug-likeness (QED) is 0.0366. The molecule has 354 valence electrons. The largest absolute Gasteiger partial charge is 0.465 e. The Morgan fingerprint density at radius 1 is 0.383 bits per heavy atom. The number of rotatable bonds is 45. The molecule has 60 heavy (non-hydrogen) atoms. The summed E-state index contributed by atoms with van der Waals surface area (Å²) in [5, 5.41) is 2.81. The Morgan fingerprint density at radius 2 is 0.700 bits per heavy atom. The Morgan fingerprint density at radius 3 is 1.12 bits per heavy atom. The number of hydrogen-bond donors (Lipinski definition) is 1. The van der Waals surface area contributed by atoms with Gasteiger partial charge in [-0.2, -0.15) is 0 Å². The Kier molecular flexibility index (Phi) is 43.0. The molecule has 9 nitrogen and oxygen atoms in total. The molecule has 3 atom stereocenters. The molecule has 3 unspecified atom stereocenters. The predicted molar refractivity (Wildman–Crippen MR) is 248 cm³/mol. The topological polar surface area (TPSA) is 117 Å². The van der Waals surface area contributed by atoms with Crippen LogP contribution in [-0.2, 0) is 33.3 Å². The van der Waals surface area contributed by atoms with Gasteiger partial charge in [-0.1, -0.05) is 169 Å². The van der Waals surface area contributed by atoms with Crippen LogP contribution in [0.3, 0.4) is 0 Å². The van der Waals surface area contributed by atoms with E-state index in [0.717, 1.165) is 109 Å². The molecule has 0 saturated carbocycles. The highest BCUT2D eigenvalue weighted by atomic mass is 16.6. The number of ether oxygens (including phenoxy) is 4. The van der Waals surface area contributed by atoms with E-state index in [1.807, 2.05) is 6.92 Å². The normalized spacial score (nSPS) is 12.8. The lowest BCUT2D eigenvalue weighted by Gasteiger charge is -2.18. The summed E-state index contributed by atoms with van der Waals surface area (Å²) in [6.07, 6.45) is 37.4. The molecule has 9 heteroatoms. The van der Waals surface area contributed by atoms with Gasteiger partial charge < -0.3 is 24.3 Å². The van der Waals surface area contributed by atoms with Crippen LogP contribution in [0.1, 0.15) is 266 Å². The molecule has 0 aliphatic carbocycles. The molecule has 0 aromatic carbocycles. The van der Waals surface area contributed by atoms with E-state index in [-0.39, 0.29) is 49.2 Å². The second kappa shape index (κ2) is 44.7. The molecule has 0 aliphatic rings. The third-order valence-electron chi connectivity index (χ3n) is 11.5. The number of carbonyl (C=O) groups excluding carboxylic acids is 4. The van der Waals surface area contributed by atoms with Crippen molar-refractivity contribution < 1.29 is 38.1 Å². The van der Waals surface area contributed by atoms with Gasteiger partial charge in [0.15, 0.2) is 0 Å². The molecule has 0 fully saturated rings. The van der Waals surface area contributed by atoms with Gasteiger partial charge in [0.2, 0.25) is 0 Å². The van der Waals surface area contributed by atoms with E-state index in [9.17, 15) is 19.2 Å². The fourth-order valence-electron chi connectivity index (χ4n) is 7.55. The minimum absolute atomic E-state index is 0.0490. The van der Waals surface area contributed by atoms with Crippen LogP contribution < -0.4 is 5.32 Å². The molecule has 0 bridgehead atoms. The zero-order valence-electron chi connectivity index (χ0n) is 40.1. The Labute approximate surface area is 370 Å². The molecule has 0 aromatic heterocycles. The molecule has 0 radical (unpaired) electrons. The summed E-state index contributed by atoms with van der Waals surface area (Å²) in [5.41, 5.74) is 0. The first-order chi connectivity index (χ1) is 29.2. The second-order valence-electron chi connectivity index (χ2n) is 17.8. The van der Waals surface area contributed by atoms with Gasteiger partial charge in [-0.25, -0.2) is 4.79 Å². The molecule has 0 spiro atoms. The highest BCUT2D eigenvalue weighted by Crippen LogP contribution is 2.20. The summed E-state index contributed by atoms with van der Waals surface area (Å²) in [4.78, 5) is 49.6. The first-order valence-electron chi connectivity index (χ1n) is 25.7. The standard InChI is InChI=1S/C51H97NO8/c1-6-10-14-18-21-29-37-46(35-27-16-12-8-3)59-49(54)40-32-23-20-26-34-42-52-51(56)58-44-45(5)43-57-48(53)39-31-24-25-33-41-50(55)60-47(36-28-17-13-9-4)38-30-22-19-15-11-7-2/h45-47H,6-44H2,1-5H3,(H,52,56). The first-order valence-corrected chi connectivity index (χ1v) is 25.7. The van der Waals surface area contributed by atoms with Crippen LogP contribution in [0.5, 0.6) is 0 Å². The average Bonchev–Trinajstić information content (AvgIpc) is 3.23. The number of amides is 1. The lowest BCUT2D eigenvalue weighted by Crippen LogP contribution is -2.28. The van der Waals surface area contributed by atoms with E-state index < -0.39 is 6.09 Å². The summed E-state index contributed by atoms with van der Waals surface area (Å²) in [6.45, 7) is 11.7. The third-order valence-corrected chi connectivity index (χ3v) is 11.5. The van der Waals surface area contributed by atoms with E-state index in [2.05, 4.69) is 33.0 Å².